The first-order valence-corrected chi connectivity index (χ1v) is 14.8. The maximum atomic E-state index is 14.3. The smallest absolute Gasteiger partial charge is 0.335 e. The molecule has 2 aliphatic carbocycles. The van der Waals surface area contributed by atoms with Crippen molar-refractivity contribution >= 4 is 22.8 Å². The molecule has 4 aliphatic rings. The van der Waals surface area contributed by atoms with Crippen molar-refractivity contribution in [3.8, 4) is 11.3 Å². The highest BCUT2D eigenvalue weighted by Gasteiger charge is 2.63. The Morgan fingerprint density at radius 2 is 1.79 bits per heavy atom. The summed E-state index contributed by atoms with van der Waals surface area (Å²) < 4.78 is 7.92. The molecule has 7 rings (SSSR count). The predicted molar refractivity (Wildman–Crippen MR) is 151 cm³/mol. The lowest BCUT2D eigenvalue weighted by Crippen LogP contribution is -2.45. The first-order chi connectivity index (χ1) is 18.9. The Kier molecular flexibility index (Phi) is 5.89. The third kappa shape index (κ3) is 3.86. The Bertz CT molecular complexity index is 1470. The molecule has 3 heterocycles. The molecule has 1 N–H and O–H groups in total. The summed E-state index contributed by atoms with van der Waals surface area (Å²) >= 11 is 0. The van der Waals surface area contributed by atoms with Crippen molar-refractivity contribution in [2.24, 2.45) is 5.41 Å². The summed E-state index contributed by atoms with van der Waals surface area (Å²) in [7, 11) is 0. The normalized spacial score (nSPS) is 24.7. The predicted octanol–water partition coefficient (Wildman–Crippen LogP) is 6.52. The third-order valence-electron chi connectivity index (χ3n) is 9.98. The molecule has 6 heteroatoms. The molecule has 2 aromatic carbocycles. The molecule has 1 saturated heterocycles. The van der Waals surface area contributed by atoms with Crippen molar-refractivity contribution in [1.82, 2.24) is 9.47 Å². The van der Waals surface area contributed by atoms with Crippen molar-refractivity contribution in [2.75, 3.05) is 26.3 Å². The molecule has 2 saturated carbocycles. The van der Waals surface area contributed by atoms with Crippen molar-refractivity contribution in [3.63, 3.8) is 0 Å². The Morgan fingerprint density at radius 1 is 1.03 bits per heavy atom. The van der Waals surface area contributed by atoms with Gasteiger partial charge in [0.1, 0.15) is 0 Å². The van der Waals surface area contributed by atoms with E-state index in [1.807, 2.05) is 17.0 Å². The molecular formula is C33H38N2O4. The van der Waals surface area contributed by atoms with Gasteiger partial charge < -0.3 is 19.3 Å². The number of morpholine rings is 1. The molecule has 2 unspecified atom stereocenters. The SMILES string of the molecule is CC(C)c1ccc2c(c1)C1CC1(C(=O)N1CCOCC1)Cn1c-2c(C2CCCCC2)c2ccc(C(=O)O)cc21. The average Bonchev–Trinajstić information content (AvgIpc) is 3.63. The summed E-state index contributed by atoms with van der Waals surface area (Å²) in [5.41, 5.74) is 7.23. The number of benzene rings is 2. The van der Waals surface area contributed by atoms with Crippen LogP contribution in [0.1, 0.15) is 97.2 Å². The van der Waals surface area contributed by atoms with E-state index in [9.17, 15) is 14.7 Å². The minimum Gasteiger partial charge on any atom is -0.478 e. The second-order valence-corrected chi connectivity index (χ2v) is 12.5. The van der Waals surface area contributed by atoms with Crippen LogP contribution in [-0.4, -0.2) is 52.8 Å². The molecule has 0 spiro atoms. The van der Waals surface area contributed by atoms with Gasteiger partial charge in [-0.3, -0.25) is 4.79 Å². The molecule has 6 nitrogen and oxygen atoms in total. The standard InChI is InChI=1S/C33H38N2O4/c1-20(2)22-8-10-24-26(16-22)27-18-33(27,32(38)34-12-14-39-15-13-34)19-35-28-17-23(31(36)37)9-11-25(28)29(30(24)35)21-6-4-3-5-7-21/h8-11,16-17,20-21,27H,3-7,12-15,18-19H2,1-2H3,(H,36,37). The van der Waals surface area contributed by atoms with E-state index >= 15 is 0 Å². The fourth-order valence-corrected chi connectivity index (χ4v) is 7.77. The topological polar surface area (TPSA) is 71.8 Å². The molecule has 3 aromatic rings. The lowest BCUT2D eigenvalue weighted by molar-refractivity contribution is -0.141. The van der Waals surface area contributed by atoms with E-state index in [-0.39, 0.29) is 11.8 Å². The van der Waals surface area contributed by atoms with Crippen LogP contribution < -0.4 is 0 Å². The number of rotatable bonds is 4. The number of nitrogens with zero attached hydrogens (tertiary/aromatic N) is 2. The molecule has 204 valence electrons. The molecule has 0 bridgehead atoms. The number of carboxylic acid groups (broad SMARTS) is 1. The fourth-order valence-electron chi connectivity index (χ4n) is 7.77. The summed E-state index contributed by atoms with van der Waals surface area (Å²) in [6.07, 6.45) is 6.90. The number of carbonyl (C=O) groups excluding carboxylic acids is 1. The van der Waals surface area contributed by atoms with Gasteiger partial charge in [0.15, 0.2) is 0 Å². The second-order valence-electron chi connectivity index (χ2n) is 12.5. The van der Waals surface area contributed by atoms with Crippen molar-refractivity contribution in [3.05, 3.63) is 58.7 Å². The zero-order chi connectivity index (χ0) is 26.9. The maximum Gasteiger partial charge on any atom is 0.335 e. The number of aromatic nitrogens is 1. The number of hydrogen-bond donors (Lipinski definition) is 1. The van der Waals surface area contributed by atoms with E-state index in [1.54, 1.807) is 6.07 Å². The largest absolute Gasteiger partial charge is 0.478 e. The first kappa shape index (κ1) is 24.9. The van der Waals surface area contributed by atoms with Crippen LogP contribution >= 0.6 is 0 Å². The number of ether oxygens (including phenoxy) is 1. The maximum absolute atomic E-state index is 14.3. The van der Waals surface area contributed by atoms with E-state index in [4.69, 9.17) is 4.74 Å². The Morgan fingerprint density at radius 3 is 2.51 bits per heavy atom. The van der Waals surface area contributed by atoms with Crippen LogP contribution in [0.15, 0.2) is 36.4 Å². The monoisotopic (exact) mass is 526 g/mol. The summed E-state index contributed by atoms with van der Waals surface area (Å²) in [6.45, 7) is 7.52. The van der Waals surface area contributed by atoms with Gasteiger partial charge in [0, 0.05) is 42.0 Å². The average molecular weight is 527 g/mol. The van der Waals surface area contributed by atoms with Gasteiger partial charge in [0.25, 0.3) is 0 Å². The van der Waals surface area contributed by atoms with Crippen LogP contribution in [0.5, 0.6) is 0 Å². The van der Waals surface area contributed by atoms with Crippen molar-refractivity contribution < 1.29 is 19.4 Å². The number of amides is 1. The van der Waals surface area contributed by atoms with Gasteiger partial charge in [0.2, 0.25) is 5.91 Å². The summed E-state index contributed by atoms with van der Waals surface area (Å²) in [6, 6.07) is 12.6. The summed E-state index contributed by atoms with van der Waals surface area (Å²) in [5, 5.41) is 11.0. The van der Waals surface area contributed by atoms with Crippen LogP contribution in [-0.2, 0) is 16.1 Å². The van der Waals surface area contributed by atoms with Crippen LogP contribution in [0.3, 0.4) is 0 Å². The highest BCUT2D eigenvalue weighted by atomic mass is 16.5. The Hall–Kier alpha value is -3.12. The number of carbonyl (C=O) groups is 2. The molecular weight excluding hydrogens is 488 g/mol. The van der Waals surface area contributed by atoms with Crippen LogP contribution in [0.2, 0.25) is 0 Å². The Labute approximate surface area is 229 Å². The molecule has 2 aliphatic heterocycles. The quantitative estimate of drug-likeness (QED) is 0.420. The minimum absolute atomic E-state index is 0.179. The summed E-state index contributed by atoms with van der Waals surface area (Å²) in [5.74, 6) is 0.360. The molecule has 3 fully saturated rings. The van der Waals surface area contributed by atoms with E-state index in [1.165, 1.54) is 47.2 Å². The van der Waals surface area contributed by atoms with Crippen LogP contribution in [0.25, 0.3) is 22.2 Å². The number of carboxylic acids is 1. The lowest BCUT2D eigenvalue weighted by atomic mass is 9.81. The van der Waals surface area contributed by atoms with Gasteiger partial charge in [-0.15, -0.1) is 0 Å². The molecule has 0 radical (unpaired) electrons. The highest BCUT2D eigenvalue weighted by molar-refractivity contribution is 6.00. The van der Waals surface area contributed by atoms with Gasteiger partial charge in [-0.2, -0.15) is 0 Å². The van der Waals surface area contributed by atoms with Gasteiger partial charge in [0.05, 0.1) is 29.9 Å². The van der Waals surface area contributed by atoms with Gasteiger partial charge in [-0.1, -0.05) is 57.4 Å². The van der Waals surface area contributed by atoms with Gasteiger partial charge in [-0.05, 0) is 59.9 Å². The second kappa shape index (κ2) is 9.22. The van der Waals surface area contributed by atoms with Crippen molar-refractivity contribution in [1.29, 1.82) is 0 Å². The van der Waals surface area contributed by atoms with Crippen molar-refractivity contribution in [2.45, 2.75) is 76.7 Å². The number of fused-ring (bicyclic) bond motifs is 7. The molecule has 1 amide bonds. The van der Waals surface area contributed by atoms with Crippen LogP contribution in [0, 0.1) is 5.41 Å². The highest BCUT2D eigenvalue weighted by Crippen LogP contribution is 2.66. The lowest BCUT2D eigenvalue weighted by Gasteiger charge is -2.31. The van der Waals surface area contributed by atoms with Gasteiger partial charge in [-0.25, -0.2) is 4.79 Å². The van der Waals surface area contributed by atoms with E-state index in [0.717, 1.165) is 30.2 Å². The number of aromatic carboxylic acids is 1. The number of hydrogen-bond acceptors (Lipinski definition) is 3. The zero-order valence-electron chi connectivity index (χ0n) is 23.0. The van der Waals surface area contributed by atoms with E-state index in [0.29, 0.717) is 50.2 Å². The zero-order valence-corrected chi connectivity index (χ0v) is 23.0. The minimum atomic E-state index is -0.911. The fraction of sp³-hybridized carbons (Fsp3) is 0.515. The van der Waals surface area contributed by atoms with E-state index < -0.39 is 11.4 Å². The first-order valence-electron chi connectivity index (χ1n) is 14.8. The van der Waals surface area contributed by atoms with E-state index in [2.05, 4.69) is 36.6 Å². The molecule has 2 atom stereocenters. The molecule has 39 heavy (non-hydrogen) atoms. The van der Waals surface area contributed by atoms with Crippen LogP contribution in [0.4, 0.5) is 0 Å². The van der Waals surface area contributed by atoms with Gasteiger partial charge >= 0.3 is 5.97 Å². The molecule has 1 aromatic heterocycles. The third-order valence-corrected chi connectivity index (χ3v) is 9.98. The summed E-state index contributed by atoms with van der Waals surface area (Å²) in [4.78, 5) is 28.4. The Balaban J connectivity index is 1.49.